The van der Waals surface area contributed by atoms with Gasteiger partial charge in [-0.3, -0.25) is 14.2 Å². The molecule has 1 fully saturated rings. The summed E-state index contributed by atoms with van der Waals surface area (Å²) < 4.78 is 42.5. The quantitative estimate of drug-likeness (QED) is 0.677. The molecule has 0 aromatic carbocycles. The number of aryl methyl sites for hydroxylation is 1. The zero-order valence-electron chi connectivity index (χ0n) is 15.3. The topological polar surface area (TPSA) is 56.0 Å². The largest absolute Gasteiger partial charge is 0.436 e. The van der Waals surface area contributed by atoms with Gasteiger partial charge in [0, 0.05) is 37.3 Å². The SMILES string of the molecule is CCn1ncc(CN(C)C(=O)Cn2nc(C(F)(F)F)c(Br)c2C2CC2)c1C. The first-order valence-corrected chi connectivity index (χ1v) is 9.51. The van der Waals surface area contributed by atoms with Crippen molar-refractivity contribution in [3.8, 4) is 0 Å². The molecule has 2 heterocycles. The third-order valence-electron chi connectivity index (χ3n) is 4.79. The Labute approximate surface area is 163 Å². The van der Waals surface area contributed by atoms with Gasteiger partial charge in [0.15, 0.2) is 5.69 Å². The average molecular weight is 448 g/mol. The molecule has 0 radical (unpaired) electrons. The standard InChI is InChI=1S/C17H21BrF3N5O/c1-4-25-10(2)12(7-22-25)8-24(3)13(27)9-26-15(11-5-6-11)14(18)16(23-26)17(19,20)21/h7,11H,4-6,8-9H2,1-3H3. The Morgan fingerprint density at radius 1 is 1.37 bits per heavy atom. The van der Waals surface area contributed by atoms with E-state index < -0.39 is 11.9 Å². The van der Waals surface area contributed by atoms with Gasteiger partial charge in [-0.2, -0.15) is 23.4 Å². The van der Waals surface area contributed by atoms with Crippen molar-refractivity contribution in [1.29, 1.82) is 0 Å². The van der Waals surface area contributed by atoms with E-state index in [1.54, 1.807) is 13.2 Å². The number of hydrogen-bond donors (Lipinski definition) is 0. The fourth-order valence-electron chi connectivity index (χ4n) is 3.05. The highest BCUT2D eigenvalue weighted by Gasteiger charge is 2.42. The van der Waals surface area contributed by atoms with Gasteiger partial charge in [0.05, 0.1) is 16.4 Å². The van der Waals surface area contributed by atoms with Crippen LogP contribution >= 0.6 is 15.9 Å². The van der Waals surface area contributed by atoms with Crippen LogP contribution in [0.1, 0.15) is 48.3 Å². The number of aromatic nitrogens is 4. The van der Waals surface area contributed by atoms with Gasteiger partial charge in [-0.15, -0.1) is 0 Å². The highest BCUT2D eigenvalue weighted by molar-refractivity contribution is 9.10. The van der Waals surface area contributed by atoms with Gasteiger partial charge in [0.25, 0.3) is 0 Å². The second-order valence-corrected chi connectivity index (χ2v) is 7.59. The zero-order valence-corrected chi connectivity index (χ0v) is 16.9. The minimum absolute atomic E-state index is 0.0195. The van der Waals surface area contributed by atoms with Crippen molar-refractivity contribution in [3.05, 3.63) is 33.3 Å². The van der Waals surface area contributed by atoms with Crippen molar-refractivity contribution < 1.29 is 18.0 Å². The maximum Gasteiger partial charge on any atom is 0.436 e. The van der Waals surface area contributed by atoms with Gasteiger partial charge in [-0.1, -0.05) is 0 Å². The minimum atomic E-state index is -4.56. The molecule has 0 saturated heterocycles. The van der Waals surface area contributed by atoms with E-state index in [0.717, 1.165) is 30.6 Å². The predicted molar refractivity (Wildman–Crippen MR) is 96.0 cm³/mol. The van der Waals surface area contributed by atoms with Crippen LogP contribution in [0.15, 0.2) is 10.7 Å². The van der Waals surface area contributed by atoms with Crippen LogP contribution in [0.25, 0.3) is 0 Å². The third-order valence-corrected chi connectivity index (χ3v) is 5.57. The number of nitrogens with zero attached hydrogens (tertiary/aromatic N) is 5. The van der Waals surface area contributed by atoms with Crippen LogP contribution in [0.5, 0.6) is 0 Å². The fourth-order valence-corrected chi connectivity index (χ4v) is 3.89. The van der Waals surface area contributed by atoms with Crippen molar-refractivity contribution in [2.75, 3.05) is 7.05 Å². The summed E-state index contributed by atoms with van der Waals surface area (Å²) in [5.74, 6) is -0.282. The average Bonchev–Trinajstić information content (AvgIpc) is 3.28. The Balaban J connectivity index is 1.78. The van der Waals surface area contributed by atoms with Crippen molar-refractivity contribution in [1.82, 2.24) is 24.5 Å². The Kier molecular flexibility index (Phi) is 5.38. The van der Waals surface area contributed by atoms with Crippen molar-refractivity contribution >= 4 is 21.8 Å². The number of likely N-dealkylation sites (N-methyl/N-ethyl adjacent to an activating group) is 1. The number of rotatable bonds is 6. The molecule has 2 aromatic rings. The van der Waals surface area contributed by atoms with Gasteiger partial charge in [-0.05, 0) is 42.6 Å². The van der Waals surface area contributed by atoms with Crippen molar-refractivity contribution in [3.63, 3.8) is 0 Å². The highest BCUT2D eigenvalue weighted by Crippen LogP contribution is 2.46. The Bertz CT molecular complexity index is 854. The monoisotopic (exact) mass is 447 g/mol. The van der Waals surface area contributed by atoms with E-state index >= 15 is 0 Å². The van der Waals surface area contributed by atoms with E-state index in [0.29, 0.717) is 12.2 Å². The molecule has 10 heteroatoms. The van der Waals surface area contributed by atoms with Gasteiger partial charge in [0.2, 0.25) is 5.91 Å². The molecule has 6 nitrogen and oxygen atoms in total. The molecule has 1 saturated carbocycles. The summed E-state index contributed by atoms with van der Waals surface area (Å²) in [6.07, 6.45) is -1.24. The minimum Gasteiger partial charge on any atom is -0.340 e. The van der Waals surface area contributed by atoms with E-state index in [9.17, 15) is 18.0 Å². The molecule has 27 heavy (non-hydrogen) atoms. The number of carbonyl (C=O) groups is 1. The van der Waals surface area contributed by atoms with Crippen molar-refractivity contribution in [2.45, 2.75) is 58.4 Å². The summed E-state index contributed by atoms with van der Waals surface area (Å²) in [5.41, 5.74) is 1.36. The van der Waals surface area contributed by atoms with E-state index in [4.69, 9.17) is 0 Å². The molecule has 148 valence electrons. The first kappa shape index (κ1) is 19.9. The Morgan fingerprint density at radius 3 is 2.56 bits per heavy atom. The summed E-state index contributed by atoms with van der Waals surface area (Å²) in [6, 6.07) is 0. The van der Waals surface area contributed by atoms with E-state index in [1.165, 1.54) is 9.58 Å². The second-order valence-electron chi connectivity index (χ2n) is 6.80. The normalized spacial score (nSPS) is 14.6. The molecule has 0 aliphatic heterocycles. The summed E-state index contributed by atoms with van der Waals surface area (Å²) >= 11 is 3.04. The van der Waals surface area contributed by atoms with E-state index in [1.807, 2.05) is 18.5 Å². The number of carbonyl (C=O) groups excluding carboxylic acids is 1. The fraction of sp³-hybridized carbons (Fsp3) is 0.588. The molecule has 0 N–H and O–H groups in total. The molecule has 1 aliphatic carbocycles. The van der Waals surface area contributed by atoms with E-state index in [2.05, 4.69) is 26.1 Å². The predicted octanol–water partition coefficient (Wildman–Crippen LogP) is 3.73. The molecule has 0 bridgehead atoms. The molecule has 2 aromatic heterocycles. The lowest BCUT2D eigenvalue weighted by molar-refractivity contribution is -0.142. The molecular weight excluding hydrogens is 427 g/mol. The Morgan fingerprint density at radius 2 is 2.04 bits per heavy atom. The van der Waals surface area contributed by atoms with Crippen LogP contribution in [0.3, 0.4) is 0 Å². The van der Waals surface area contributed by atoms with Crippen LogP contribution in [0.4, 0.5) is 13.2 Å². The highest BCUT2D eigenvalue weighted by atomic mass is 79.9. The van der Waals surface area contributed by atoms with Crippen LogP contribution in [0.2, 0.25) is 0 Å². The first-order chi connectivity index (χ1) is 12.6. The van der Waals surface area contributed by atoms with Crippen LogP contribution < -0.4 is 0 Å². The van der Waals surface area contributed by atoms with Gasteiger partial charge in [0.1, 0.15) is 6.54 Å². The summed E-state index contributed by atoms with van der Waals surface area (Å²) in [4.78, 5) is 14.1. The van der Waals surface area contributed by atoms with Crippen LogP contribution in [0, 0.1) is 6.92 Å². The van der Waals surface area contributed by atoms with Gasteiger partial charge < -0.3 is 4.90 Å². The maximum absolute atomic E-state index is 13.2. The first-order valence-electron chi connectivity index (χ1n) is 8.72. The number of hydrogen-bond acceptors (Lipinski definition) is 3. The Hall–Kier alpha value is -1.84. The molecule has 0 spiro atoms. The van der Waals surface area contributed by atoms with Gasteiger partial charge >= 0.3 is 6.18 Å². The lowest BCUT2D eigenvalue weighted by Crippen LogP contribution is -2.31. The summed E-state index contributed by atoms with van der Waals surface area (Å²) in [6.45, 7) is 4.76. The van der Waals surface area contributed by atoms with Crippen molar-refractivity contribution in [2.24, 2.45) is 0 Å². The lowest BCUT2D eigenvalue weighted by atomic mass is 10.2. The maximum atomic E-state index is 13.2. The van der Waals surface area contributed by atoms with Crippen LogP contribution in [-0.2, 0) is 30.6 Å². The van der Waals surface area contributed by atoms with E-state index in [-0.39, 0.29) is 22.8 Å². The molecular formula is C17H21BrF3N5O. The third kappa shape index (κ3) is 4.04. The number of alkyl halides is 3. The molecule has 1 amide bonds. The summed E-state index contributed by atoms with van der Waals surface area (Å²) in [7, 11) is 1.63. The molecule has 0 unspecified atom stereocenters. The number of halogens is 4. The van der Waals surface area contributed by atoms with Gasteiger partial charge in [-0.25, -0.2) is 0 Å². The smallest absolute Gasteiger partial charge is 0.340 e. The lowest BCUT2D eigenvalue weighted by Gasteiger charge is -2.18. The zero-order chi connectivity index (χ0) is 19.9. The molecule has 1 aliphatic rings. The molecule has 3 rings (SSSR count). The summed E-state index contributed by atoms with van der Waals surface area (Å²) in [5, 5.41) is 7.94. The second kappa shape index (κ2) is 7.29. The number of amides is 1. The van der Waals surface area contributed by atoms with Crippen LogP contribution in [-0.4, -0.2) is 37.4 Å². The molecule has 0 atom stereocenters.